The van der Waals surface area contributed by atoms with E-state index in [4.69, 9.17) is 5.10 Å². The van der Waals surface area contributed by atoms with Gasteiger partial charge in [0.25, 0.3) is 0 Å². The first kappa shape index (κ1) is 15.3. The van der Waals surface area contributed by atoms with E-state index in [1.165, 1.54) is 40.9 Å². The van der Waals surface area contributed by atoms with Crippen LogP contribution in [0.5, 0.6) is 0 Å². The summed E-state index contributed by atoms with van der Waals surface area (Å²) in [4.78, 5) is 0. The Labute approximate surface area is 133 Å². The molecule has 0 spiro atoms. The number of hydrogen-bond acceptors (Lipinski definition) is 2. The smallest absolute Gasteiger partial charge is 0.0959 e. The van der Waals surface area contributed by atoms with Crippen molar-refractivity contribution in [2.45, 2.75) is 53.1 Å². The molecule has 22 heavy (non-hydrogen) atoms. The molecule has 2 aromatic rings. The van der Waals surface area contributed by atoms with Crippen molar-refractivity contribution >= 4 is 0 Å². The van der Waals surface area contributed by atoms with Crippen molar-refractivity contribution < 1.29 is 0 Å². The normalized spacial score (nSPS) is 14.4. The molecule has 0 atom stereocenters. The highest BCUT2D eigenvalue weighted by molar-refractivity contribution is 5.65. The third-order valence-corrected chi connectivity index (χ3v) is 4.92. The van der Waals surface area contributed by atoms with Crippen LogP contribution in [0.4, 0.5) is 0 Å². The predicted molar refractivity (Wildman–Crippen MR) is 91.9 cm³/mol. The fraction of sp³-hybridized carbons (Fsp3) is 0.526. The molecule has 1 N–H and O–H groups in total. The molecular weight excluding hydrogens is 270 g/mol. The van der Waals surface area contributed by atoms with E-state index in [1.54, 1.807) is 0 Å². The lowest BCUT2D eigenvalue weighted by molar-refractivity contribution is 0.383. The number of hydrogen-bond donors (Lipinski definition) is 1. The van der Waals surface area contributed by atoms with E-state index in [9.17, 15) is 0 Å². The number of nitrogens with zero attached hydrogens (tertiary/aromatic N) is 2. The second-order valence-corrected chi connectivity index (χ2v) is 6.43. The van der Waals surface area contributed by atoms with Gasteiger partial charge in [-0.1, -0.05) is 56.5 Å². The number of benzene rings is 1. The topological polar surface area (TPSA) is 29.9 Å². The van der Waals surface area contributed by atoms with Gasteiger partial charge in [0.05, 0.1) is 11.4 Å². The number of fused-ring (bicyclic) bond motifs is 1. The van der Waals surface area contributed by atoms with Crippen molar-refractivity contribution in [1.82, 2.24) is 15.1 Å². The molecule has 0 fully saturated rings. The highest BCUT2D eigenvalue weighted by Gasteiger charge is 2.22. The number of aromatic nitrogens is 2. The van der Waals surface area contributed by atoms with Crippen LogP contribution in [0.2, 0.25) is 0 Å². The maximum absolute atomic E-state index is 5.00. The van der Waals surface area contributed by atoms with Gasteiger partial charge in [-0.3, -0.25) is 4.68 Å². The Kier molecular flexibility index (Phi) is 4.63. The summed E-state index contributed by atoms with van der Waals surface area (Å²) >= 11 is 0. The quantitative estimate of drug-likeness (QED) is 0.906. The Hall–Kier alpha value is -1.61. The van der Waals surface area contributed by atoms with Crippen LogP contribution in [-0.4, -0.2) is 16.3 Å². The molecule has 1 aromatic heterocycles. The molecule has 3 rings (SSSR count). The van der Waals surface area contributed by atoms with Crippen molar-refractivity contribution in [1.29, 1.82) is 0 Å². The highest BCUT2D eigenvalue weighted by Crippen LogP contribution is 2.29. The van der Waals surface area contributed by atoms with Gasteiger partial charge in [-0.05, 0) is 25.8 Å². The number of rotatable bonds is 5. The lowest BCUT2D eigenvalue weighted by atomic mass is 10.00. The van der Waals surface area contributed by atoms with Crippen LogP contribution in [0.25, 0.3) is 11.3 Å². The van der Waals surface area contributed by atoms with E-state index >= 15 is 0 Å². The third kappa shape index (κ3) is 2.95. The van der Waals surface area contributed by atoms with Crippen LogP contribution in [-0.2, 0) is 19.5 Å². The predicted octanol–water partition coefficient (Wildman–Crippen LogP) is 3.94. The van der Waals surface area contributed by atoms with Gasteiger partial charge in [0.1, 0.15) is 0 Å². The van der Waals surface area contributed by atoms with Crippen LogP contribution < -0.4 is 5.32 Å². The second kappa shape index (κ2) is 6.66. The molecule has 3 nitrogen and oxygen atoms in total. The van der Waals surface area contributed by atoms with E-state index in [-0.39, 0.29) is 0 Å². The first-order valence-electron chi connectivity index (χ1n) is 8.59. The van der Waals surface area contributed by atoms with Gasteiger partial charge in [0.2, 0.25) is 0 Å². The summed E-state index contributed by atoms with van der Waals surface area (Å²) < 4.78 is 2.27. The fourth-order valence-corrected chi connectivity index (χ4v) is 3.30. The summed E-state index contributed by atoms with van der Waals surface area (Å²) in [5, 5.41) is 8.51. The molecular formula is C19H27N3. The summed E-state index contributed by atoms with van der Waals surface area (Å²) in [5.41, 5.74) is 6.60. The molecule has 0 saturated heterocycles. The average Bonchev–Trinajstić information content (AvgIpc) is 2.92. The number of nitrogens with one attached hydrogen (secondary N) is 1. The van der Waals surface area contributed by atoms with Crippen LogP contribution >= 0.6 is 0 Å². The van der Waals surface area contributed by atoms with Crippen molar-refractivity contribution in [2.75, 3.05) is 6.54 Å². The minimum atomic E-state index is 0.719. The van der Waals surface area contributed by atoms with Crippen molar-refractivity contribution in [3.05, 3.63) is 41.1 Å². The maximum atomic E-state index is 5.00. The average molecular weight is 297 g/mol. The minimum absolute atomic E-state index is 0.719. The lowest BCUT2D eigenvalue weighted by Crippen LogP contribution is -2.26. The highest BCUT2D eigenvalue weighted by atomic mass is 15.3. The van der Waals surface area contributed by atoms with E-state index < -0.39 is 0 Å². The van der Waals surface area contributed by atoms with Crippen molar-refractivity contribution in [2.24, 2.45) is 5.92 Å². The minimum Gasteiger partial charge on any atom is -0.311 e. The summed E-state index contributed by atoms with van der Waals surface area (Å²) in [6.07, 6.45) is 3.53. The Morgan fingerprint density at radius 1 is 1.18 bits per heavy atom. The van der Waals surface area contributed by atoms with Crippen LogP contribution in [0.15, 0.2) is 24.3 Å². The van der Waals surface area contributed by atoms with Gasteiger partial charge in [0.15, 0.2) is 0 Å². The molecule has 0 saturated carbocycles. The zero-order valence-electron chi connectivity index (χ0n) is 14.0. The SMILES string of the molecule is CCC(CC)Cn1nc(-c2ccc(C)cc2)c2c1CNCC2. The third-order valence-electron chi connectivity index (χ3n) is 4.92. The van der Waals surface area contributed by atoms with Gasteiger partial charge < -0.3 is 5.32 Å². The Morgan fingerprint density at radius 3 is 2.59 bits per heavy atom. The Balaban J connectivity index is 2.00. The van der Waals surface area contributed by atoms with Gasteiger partial charge >= 0.3 is 0 Å². The monoisotopic (exact) mass is 297 g/mol. The molecule has 1 aliphatic heterocycles. The summed E-state index contributed by atoms with van der Waals surface area (Å²) in [6.45, 7) is 9.75. The van der Waals surface area contributed by atoms with Crippen LogP contribution in [0, 0.1) is 12.8 Å². The molecule has 1 aliphatic rings. The fourth-order valence-electron chi connectivity index (χ4n) is 3.30. The van der Waals surface area contributed by atoms with Crippen molar-refractivity contribution in [3.63, 3.8) is 0 Å². The van der Waals surface area contributed by atoms with E-state index in [1.807, 2.05) is 0 Å². The molecule has 2 heterocycles. The largest absolute Gasteiger partial charge is 0.311 e. The van der Waals surface area contributed by atoms with E-state index in [0.29, 0.717) is 0 Å². The zero-order chi connectivity index (χ0) is 15.5. The first-order chi connectivity index (χ1) is 10.7. The summed E-state index contributed by atoms with van der Waals surface area (Å²) in [6, 6.07) is 8.79. The van der Waals surface area contributed by atoms with Crippen LogP contribution in [0.1, 0.15) is 43.5 Å². The molecule has 3 heteroatoms. The number of aryl methyl sites for hydroxylation is 1. The van der Waals surface area contributed by atoms with Crippen LogP contribution in [0.3, 0.4) is 0 Å². The standard InChI is InChI=1S/C19H27N3/c1-4-15(5-2)13-22-18-12-20-11-10-17(18)19(21-22)16-8-6-14(3)7-9-16/h6-9,15,20H,4-5,10-13H2,1-3H3. The molecule has 0 bridgehead atoms. The van der Waals surface area contributed by atoms with E-state index in [2.05, 4.69) is 55.0 Å². The first-order valence-corrected chi connectivity index (χ1v) is 8.59. The molecule has 0 radical (unpaired) electrons. The Morgan fingerprint density at radius 2 is 1.91 bits per heavy atom. The molecule has 0 unspecified atom stereocenters. The maximum Gasteiger partial charge on any atom is 0.0959 e. The van der Waals surface area contributed by atoms with Gasteiger partial charge in [-0.25, -0.2) is 0 Å². The summed E-state index contributed by atoms with van der Waals surface area (Å²) in [7, 11) is 0. The van der Waals surface area contributed by atoms with Gasteiger partial charge in [-0.15, -0.1) is 0 Å². The van der Waals surface area contributed by atoms with Crippen molar-refractivity contribution in [3.8, 4) is 11.3 Å². The van der Waals surface area contributed by atoms with Gasteiger partial charge in [-0.2, -0.15) is 5.10 Å². The zero-order valence-corrected chi connectivity index (χ0v) is 14.0. The molecule has 0 aliphatic carbocycles. The van der Waals surface area contributed by atoms with E-state index in [0.717, 1.165) is 32.0 Å². The molecule has 0 amide bonds. The second-order valence-electron chi connectivity index (χ2n) is 6.43. The molecule has 118 valence electrons. The van der Waals surface area contributed by atoms with Gasteiger partial charge in [0, 0.05) is 24.2 Å². The Bertz CT molecular complexity index is 621. The lowest BCUT2D eigenvalue weighted by Gasteiger charge is -2.18. The molecule has 1 aromatic carbocycles. The summed E-state index contributed by atoms with van der Waals surface area (Å²) in [5.74, 6) is 0.719.